The van der Waals surface area contributed by atoms with E-state index in [0.29, 0.717) is 10.0 Å². The summed E-state index contributed by atoms with van der Waals surface area (Å²) in [6.07, 6.45) is 2.55. The average Bonchev–Trinajstić information content (AvgIpc) is 2.29. The third kappa shape index (κ3) is 2.27. The van der Waals surface area contributed by atoms with Crippen LogP contribution >= 0.6 is 23.2 Å². The Morgan fingerprint density at radius 3 is 2.56 bits per heavy atom. The van der Waals surface area contributed by atoms with Gasteiger partial charge in [-0.05, 0) is 43.9 Å². The molecule has 2 rings (SSSR count). The maximum atomic E-state index is 10.4. The maximum absolute atomic E-state index is 10.4. The smallest absolute Gasteiger partial charge is 0.0666 e. The molecule has 0 aromatic heterocycles. The van der Waals surface area contributed by atoms with Crippen molar-refractivity contribution in [2.24, 2.45) is 11.7 Å². The molecule has 3 N–H and O–H groups in total. The van der Waals surface area contributed by atoms with Crippen LogP contribution in [0.25, 0.3) is 0 Å². The summed E-state index contributed by atoms with van der Waals surface area (Å²) < 4.78 is 0. The van der Waals surface area contributed by atoms with Crippen molar-refractivity contribution in [3.05, 3.63) is 33.8 Å². The normalized spacial score (nSPS) is 36.7. The molecule has 100 valence electrons. The summed E-state index contributed by atoms with van der Waals surface area (Å²) >= 11 is 12.0. The molecule has 1 fully saturated rings. The first-order valence-corrected chi connectivity index (χ1v) is 7.00. The summed E-state index contributed by atoms with van der Waals surface area (Å²) in [6.45, 7) is 3.86. The molecule has 4 heteroatoms. The van der Waals surface area contributed by atoms with Crippen LogP contribution in [0, 0.1) is 5.92 Å². The Morgan fingerprint density at radius 1 is 1.28 bits per heavy atom. The highest BCUT2D eigenvalue weighted by Crippen LogP contribution is 2.45. The second-order valence-electron chi connectivity index (χ2n) is 5.60. The SMILES string of the molecule is CC1C(C)(O)CCCC1(N)c1ccc(Cl)c(Cl)c1. The lowest BCUT2D eigenvalue weighted by Gasteiger charge is -2.48. The second kappa shape index (κ2) is 4.68. The van der Waals surface area contributed by atoms with Crippen LogP contribution in [0.2, 0.25) is 10.0 Å². The number of rotatable bonds is 1. The van der Waals surface area contributed by atoms with Crippen LogP contribution in [0.4, 0.5) is 0 Å². The third-order valence-electron chi connectivity index (χ3n) is 4.44. The van der Waals surface area contributed by atoms with E-state index < -0.39 is 11.1 Å². The van der Waals surface area contributed by atoms with Crippen LogP contribution in [0.3, 0.4) is 0 Å². The molecule has 0 radical (unpaired) electrons. The molecule has 0 aliphatic heterocycles. The fourth-order valence-corrected chi connectivity index (χ4v) is 3.20. The fourth-order valence-electron chi connectivity index (χ4n) is 2.91. The van der Waals surface area contributed by atoms with Crippen molar-refractivity contribution in [2.45, 2.75) is 44.2 Å². The molecule has 0 heterocycles. The molecule has 1 aromatic rings. The van der Waals surface area contributed by atoms with E-state index in [9.17, 15) is 5.11 Å². The van der Waals surface area contributed by atoms with E-state index in [-0.39, 0.29) is 5.92 Å². The molecule has 0 saturated heterocycles. The molecular formula is C14H19Cl2NO. The highest BCUT2D eigenvalue weighted by atomic mass is 35.5. The van der Waals surface area contributed by atoms with E-state index in [1.807, 2.05) is 26.0 Å². The molecule has 1 aliphatic carbocycles. The molecule has 0 amide bonds. The van der Waals surface area contributed by atoms with Gasteiger partial charge < -0.3 is 10.8 Å². The fraction of sp³-hybridized carbons (Fsp3) is 0.571. The van der Waals surface area contributed by atoms with Gasteiger partial charge in [-0.1, -0.05) is 36.2 Å². The number of aliphatic hydroxyl groups is 1. The van der Waals surface area contributed by atoms with Crippen LogP contribution in [0.1, 0.15) is 38.7 Å². The van der Waals surface area contributed by atoms with Crippen LogP contribution in [0.15, 0.2) is 18.2 Å². The number of hydrogen-bond donors (Lipinski definition) is 2. The quantitative estimate of drug-likeness (QED) is 0.827. The van der Waals surface area contributed by atoms with E-state index in [1.165, 1.54) is 0 Å². The van der Waals surface area contributed by atoms with E-state index in [4.69, 9.17) is 28.9 Å². The summed E-state index contributed by atoms with van der Waals surface area (Å²) in [4.78, 5) is 0. The zero-order chi connectivity index (χ0) is 13.6. The lowest BCUT2D eigenvalue weighted by Crippen LogP contribution is -2.55. The first kappa shape index (κ1) is 14.1. The zero-order valence-electron chi connectivity index (χ0n) is 10.7. The maximum Gasteiger partial charge on any atom is 0.0666 e. The van der Waals surface area contributed by atoms with Gasteiger partial charge in [0.15, 0.2) is 0 Å². The molecule has 2 nitrogen and oxygen atoms in total. The minimum absolute atomic E-state index is 0.0315. The van der Waals surface area contributed by atoms with Gasteiger partial charge in [-0.2, -0.15) is 0 Å². The highest BCUT2D eigenvalue weighted by molar-refractivity contribution is 6.42. The Balaban J connectivity index is 2.43. The minimum Gasteiger partial charge on any atom is -0.390 e. The lowest BCUT2D eigenvalue weighted by atomic mass is 9.63. The van der Waals surface area contributed by atoms with Crippen LogP contribution in [-0.2, 0) is 5.54 Å². The topological polar surface area (TPSA) is 46.2 Å². The number of halogens is 2. The second-order valence-corrected chi connectivity index (χ2v) is 6.42. The number of benzene rings is 1. The van der Waals surface area contributed by atoms with E-state index in [1.54, 1.807) is 6.07 Å². The van der Waals surface area contributed by atoms with Crippen molar-refractivity contribution in [2.75, 3.05) is 0 Å². The molecule has 1 aromatic carbocycles. The molecular weight excluding hydrogens is 269 g/mol. The zero-order valence-corrected chi connectivity index (χ0v) is 12.2. The van der Waals surface area contributed by atoms with Crippen LogP contribution in [-0.4, -0.2) is 10.7 Å². The van der Waals surface area contributed by atoms with Gasteiger partial charge >= 0.3 is 0 Å². The third-order valence-corrected chi connectivity index (χ3v) is 5.17. The van der Waals surface area contributed by atoms with Gasteiger partial charge in [0.25, 0.3) is 0 Å². The highest BCUT2D eigenvalue weighted by Gasteiger charge is 2.46. The Hall–Kier alpha value is -0.280. The summed E-state index contributed by atoms with van der Waals surface area (Å²) in [5.74, 6) is -0.0315. The molecule has 1 aliphatic rings. The molecule has 0 bridgehead atoms. The van der Waals surface area contributed by atoms with Crippen molar-refractivity contribution in [3.63, 3.8) is 0 Å². The molecule has 18 heavy (non-hydrogen) atoms. The van der Waals surface area contributed by atoms with Gasteiger partial charge in [0.1, 0.15) is 0 Å². The number of nitrogens with two attached hydrogens (primary N) is 1. The Morgan fingerprint density at radius 2 is 1.94 bits per heavy atom. The van der Waals surface area contributed by atoms with Gasteiger partial charge in [-0.3, -0.25) is 0 Å². The van der Waals surface area contributed by atoms with Crippen LogP contribution < -0.4 is 5.73 Å². The van der Waals surface area contributed by atoms with Crippen molar-refractivity contribution in [3.8, 4) is 0 Å². The van der Waals surface area contributed by atoms with Crippen molar-refractivity contribution < 1.29 is 5.11 Å². The Kier molecular flexibility index (Phi) is 3.67. The molecule has 0 spiro atoms. The van der Waals surface area contributed by atoms with Crippen LogP contribution in [0.5, 0.6) is 0 Å². The van der Waals surface area contributed by atoms with Gasteiger partial charge in [0, 0.05) is 11.5 Å². The van der Waals surface area contributed by atoms with Gasteiger partial charge in [0.05, 0.1) is 15.6 Å². The Labute approximate surface area is 118 Å². The summed E-state index contributed by atoms with van der Waals surface area (Å²) in [5, 5.41) is 11.5. The lowest BCUT2D eigenvalue weighted by molar-refractivity contribution is -0.0628. The van der Waals surface area contributed by atoms with Gasteiger partial charge in [-0.15, -0.1) is 0 Å². The first-order chi connectivity index (χ1) is 8.27. The molecule has 3 unspecified atom stereocenters. The minimum atomic E-state index is -0.737. The standard InChI is InChI=1S/C14H19Cl2NO/c1-9-13(2,18)6-3-7-14(9,17)10-4-5-11(15)12(16)8-10/h4-5,8-9,18H,3,6-7,17H2,1-2H3. The molecule has 3 atom stereocenters. The van der Waals surface area contributed by atoms with Crippen molar-refractivity contribution in [1.29, 1.82) is 0 Å². The van der Waals surface area contributed by atoms with E-state index in [2.05, 4.69) is 0 Å². The predicted molar refractivity (Wildman–Crippen MR) is 76.0 cm³/mol. The number of hydrogen-bond acceptors (Lipinski definition) is 2. The largest absolute Gasteiger partial charge is 0.390 e. The van der Waals surface area contributed by atoms with E-state index >= 15 is 0 Å². The van der Waals surface area contributed by atoms with Gasteiger partial charge in [-0.25, -0.2) is 0 Å². The van der Waals surface area contributed by atoms with Crippen molar-refractivity contribution >= 4 is 23.2 Å². The molecule has 1 saturated carbocycles. The van der Waals surface area contributed by atoms with Gasteiger partial charge in [0.2, 0.25) is 0 Å². The summed E-state index contributed by atoms with van der Waals surface area (Å²) in [7, 11) is 0. The average molecular weight is 288 g/mol. The first-order valence-electron chi connectivity index (χ1n) is 6.24. The predicted octanol–water partition coefficient (Wildman–Crippen LogP) is 3.72. The summed E-state index contributed by atoms with van der Waals surface area (Å²) in [5.41, 5.74) is 6.22. The Bertz CT molecular complexity index is 461. The summed E-state index contributed by atoms with van der Waals surface area (Å²) in [6, 6.07) is 5.50. The van der Waals surface area contributed by atoms with Crippen molar-refractivity contribution in [1.82, 2.24) is 0 Å². The monoisotopic (exact) mass is 287 g/mol. The van der Waals surface area contributed by atoms with E-state index in [0.717, 1.165) is 24.8 Å².